The zero-order valence-electron chi connectivity index (χ0n) is 9.84. The van der Waals surface area contributed by atoms with Crippen LogP contribution in [0.25, 0.3) is 0 Å². The van der Waals surface area contributed by atoms with E-state index in [0.29, 0.717) is 12.3 Å². The topological polar surface area (TPSA) is 23.8 Å². The van der Waals surface area contributed by atoms with E-state index in [9.17, 15) is 9.65 Å². The molecule has 0 amide bonds. The lowest BCUT2D eigenvalue weighted by Crippen LogP contribution is -2.17. The lowest BCUT2D eigenvalue weighted by molar-refractivity contribution is 0.390. The molecule has 1 nitrogen and oxygen atoms in total. The molecule has 1 aliphatic carbocycles. The number of nitrogens with zero attached hydrogens (tertiary/aromatic N) is 1. The zero-order valence-corrected chi connectivity index (χ0v) is 10.6. The fourth-order valence-electron chi connectivity index (χ4n) is 2.74. The highest BCUT2D eigenvalue weighted by Crippen LogP contribution is 2.43. The molecule has 0 bridgehead atoms. The van der Waals surface area contributed by atoms with Gasteiger partial charge in [0.25, 0.3) is 0 Å². The predicted molar refractivity (Wildman–Crippen MR) is 66.2 cm³/mol. The minimum absolute atomic E-state index is 0.138. The Hall–Kier alpha value is -1.07. The fraction of sp³-hybridized carbons (Fsp3) is 0.500. The van der Waals surface area contributed by atoms with Gasteiger partial charge in [0.1, 0.15) is 5.82 Å². The number of hydrogen-bond acceptors (Lipinski definition) is 1. The van der Waals surface area contributed by atoms with Crippen molar-refractivity contribution in [3.8, 4) is 6.07 Å². The van der Waals surface area contributed by atoms with Crippen LogP contribution in [0.2, 0.25) is 5.02 Å². The summed E-state index contributed by atoms with van der Waals surface area (Å²) in [5, 5.41) is 9.49. The van der Waals surface area contributed by atoms with E-state index in [1.165, 1.54) is 6.07 Å². The molecular weight excluding hydrogens is 237 g/mol. The Morgan fingerprint density at radius 1 is 1.59 bits per heavy atom. The summed E-state index contributed by atoms with van der Waals surface area (Å²) < 4.78 is 13.3. The summed E-state index contributed by atoms with van der Waals surface area (Å²) in [5.74, 6) is 0.190. The SMILES string of the molecule is CC1CCC(C#N)(Cc2ccc(Cl)c(F)c2)C1. The fourth-order valence-corrected chi connectivity index (χ4v) is 2.85. The van der Waals surface area contributed by atoms with Crippen molar-refractivity contribution in [2.75, 3.05) is 0 Å². The highest BCUT2D eigenvalue weighted by Gasteiger charge is 2.37. The molecule has 1 aromatic carbocycles. The Morgan fingerprint density at radius 3 is 2.88 bits per heavy atom. The largest absolute Gasteiger partial charge is 0.205 e. The molecule has 1 aromatic rings. The van der Waals surface area contributed by atoms with Crippen LogP contribution in [-0.4, -0.2) is 0 Å². The van der Waals surface area contributed by atoms with E-state index in [2.05, 4.69) is 13.0 Å². The molecule has 0 radical (unpaired) electrons. The molecule has 2 atom stereocenters. The van der Waals surface area contributed by atoms with Crippen molar-refractivity contribution >= 4 is 11.6 Å². The standard InChI is InChI=1S/C14H15ClFN/c1-10-4-5-14(7-10,9-17)8-11-2-3-12(15)13(16)6-11/h2-3,6,10H,4-5,7-8H2,1H3. The van der Waals surface area contributed by atoms with Crippen LogP contribution in [0.5, 0.6) is 0 Å². The molecule has 0 aromatic heterocycles. The van der Waals surface area contributed by atoms with E-state index in [4.69, 9.17) is 11.6 Å². The van der Waals surface area contributed by atoms with Gasteiger partial charge in [-0.2, -0.15) is 5.26 Å². The van der Waals surface area contributed by atoms with Crippen molar-refractivity contribution in [2.45, 2.75) is 32.6 Å². The molecule has 1 fully saturated rings. The lowest BCUT2D eigenvalue weighted by atomic mass is 9.81. The third kappa shape index (κ3) is 2.61. The van der Waals surface area contributed by atoms with E-state index in [1.54, 1.807) is 6.07 Å². The van der Waals surface area contributed by atoms with Crippen LogP contribution in [0.15, 0.2) is 18.2 Å². The molecule has 17 heavy (non-hydrogen) atoms. The van der Waals surface area contributed by atoms with Crippen molar-refractivity contribution in [1.29, 1.82) is 5.26 Å². The average molecular weight is 252 g/mol. The van der Waals surface area contributed by atoms with Crippen LogP contribution in [0.3, 0.4) is 0 Å². The van der Waals surface area contributed by atoms with Gasteiger partial charge in [0.05, 0.1) is 16.5 Å². The Bertz CT molecular complexity index is 466. The van der Waals surface area contributed by atoms with Crippen LogP contribution < -0.4 is 0 Å². The van der Waals surface area contributed by atoms with Crippen molar-refractivity contribution in [3.63, 3.8) is 0 Å². The van der Waals surface area contributed by atoms with Gasteiger partial charge in [-0.15, -0.1) is 0 Å². The summed E-state index contributed by atoms with van der Waals surface area (Å²) in [4.78, 5) is 0. The van der Waals surface area contributed by atoms with Crippen molar-refractivity contribution in [2.24, 2.45) is 11.3 Å². The summed E-state index contributed by atoms with van der Waals surface area (Å²) in [5.41, 5.74) is 0.558. The molecule has 2 unspecified atom stereocenters. The smallest absolute Gasteiger partial charge is 0.142 e. The molecule has 0 aliphatic heterocycles. The lowest BCUT2D eigenvalue weighted by Gasteiger charge is -2.20. The second-order valence-electron chi connectivity index (χ2n) is 5.17. The third-order valence-electron chi connectivity index (χ3n) is 3.62. The molecular formula is C14H15ClFN. The van der Waals surface area contributed by atoms with Gasteiger partial charge in [-0.05, 0) is 49.3 Å². The van der Waals surface area contributed by atoms with Crippen LogP contribution in [0.4, 0.5) is 4.39 Å². The zero-order chi connectivity index (χ0) is 12.5. The highest BCUT2D eigenvalue weighted by atomic mass is 35.5. The number of rotatable bonds is 2. The minimum Gasteiger partial charge on any atom is -0.205 e. The average Bonchev–Trinajstić information content (AvgIpc) is 2.66. The Balaban J connectivity index is 2.20. The van der Waals surface area contributed by atoms with E-state index in [1.807, 2.05) is 6.07 Å². The van der Waals surface area contributed by atoms with Gasteiger partial charge in [0, 0.05) is 0 Å². The van der Waals surface area contributed by atoms with Gasteiger partial charge in [-0.25, -0.2) is 4.39 Å². The normalized spacial score (nSPS) is 28.0. The molecule has 0 N–H and O–H groups in total. The van der Waals surface area contributed by atoms with Crippen molar-refractivity contribution < 1.29 is 4.39 Å². The highest BCUT2D eigenvalue weighted by molar-refractivity contribution is 6.30. The summed E-state index contributed by atoms with van der Waals surface area (Å²) in [6.45, 7) is 2.17. The first-order valence-electron chi connectivity index (χ1n) is 5.90. The summed E-state index contributed by atoms with van der Waals surface area (Å²) in [6, 6.07) is 7.26. The Kier molecular flexibility index (Phi) is 3.40. The first-order valence-corrected chi connectivity index (χ1v) is 6.28. The van der Waals surface area contributed by atoms with Crippen LogP contribution >= 0.6 is 11.6 Å². The van der Waals surface area contributed by atoms with Crippen molar-refractivity contribution in [3.05, 3.63) is 34.6 Å². The van der Waals surface area contributed by atoms with Gasteiger partial charge in [0.2, 0.25) is 0 Å². The first-order chi connectivity index (χ1) is 8.04. The van der Waals surface area contributed by atoms with Crippen LogP contribution in [0.1, 0.15) is 31.7 Å². The maximum atomic E-state index is 13.3. The monoisotopic (exact) mass is 251 g/mol. The van der Waals surface area contributed by atoms with E-state index in [-0.39, 0.29) is 10.4 Å². The maximum Gasteiger partial charge on any atom is 0.142 e. The molecule has 90 valence electrons. The van der Waals surface area contributed by atoms with Gasteiger partial charge in [0.15, 0.2) is 0 Å². The van der Waals surface area contributed by atoms with Crippen LogP contribution in [-0.2, 0) is 6.42 Å². The first kappa shape index (κ1) is 12.4. The molecule has 0 saturated heterocycles. The van der Waals surface area contributed by atoms with Crippen LogP contribution in [0, 0.1) is 28.5 Å². The van der Waals surface area contributed by atoms with Gasteiger partial charge in [-0.3, -0.25) is 0 Å². The summed E-state index contributed by atoms with van der Waals surface area (Å²) >= 11 is 5.65. The Labute approximate surface area is 106 Å². The van der Waals surface area contributed by atoms with Gasteiger partial charge < -0.3 is 0 Å². The van der Waals surface area contributed by atoms with E-state index >= 15 is 0 Å². The second kappa shape index (κ2) is 4.66. The third-order valence-corrected chi connectivity index (χ3v) is 3.93. The molecule has 0 heterocycles. The van der Waals surface area contributed by atoms with Gasteiger partial charge in [-0.1, -0.05) is 24.6 Å². The molecule has 3 heteroatoms. The molecule has 0 spiro atoms. The summed E-state index contributed by atoms with van der Waals surface area (Å²) in [6.07, 6.45) is 3.54. The second-order valence-corrected chi connectivity index (χ2v) is 5.57. The molecule has 2 rings (SSSR count). The summed E-state index contributed by atoms with van der Waals surface area (Å²) in [7, 11) is 0. The minimum atomic E-state index is -0.400. The van der Waals surface area contributed by atoms with E-state index < -0.39 is 5.82 Å². The maximum absolute atomic E-state index is 13.3. The van der Waals surface area contributed by atoms with Gasteiger partial charge >= 0.3 is 0 Å². The Morgan fingerprint density at radius 2 is 2.35 bits per heavy atom. The number of halogens is 2. The van der Waals surface area contributed by atoms with E-state index in [0.717, 1.165) is 24.8 Å². The quantitative estimate of drug-likeness (QED) is 0.767. The predicted octanol–water partition coefficient (Wildman–Crippen LogP) is 4.35. The molecule has 1 aliphatic rings. The number of hydrogen-bond donors (Lipinski definition) is 0. The number of benzene rings is 1. The molecule has 1 saturated carbocycles. The van der Waals surface area contributed by atoms with Crippen molar-refractivity contribution in [1.82, 2.24) is 0 Å². The number of nitriles is 1.